The third-order valence-corrected chi connectivity index (χ3v) is 3.88. The SMILES string of the molecule is Cc1oc(-c2ccccc2)nc1CCNC(=O)Nc1cccc(Cl)c1. The Morgan fingerprint density at radius 1 is 1.16 bits per heavy atom. The number of oxazole rings is 1. The molecule has 0 bridgehead atoms. The molecule has 2 aromatic carbocycles. The molecular weight excluding hydrogens is 338 g/mol. The summed E-state index contributed by atoms with van der Waals surface area (Å²) in [6.07, 6.45) is 0.588. The largest absolute Gasteiger partial charge is 0.441 e. The van der Waals surface area contributed by atoms with Gasteiger partial charge in [0.2, 0.25) is 5.89 Å². The number of hydrogen-bond acceptors (Lipinski definition) is 3. The predicted octanol–water partition coefficient (Wildman–Crippen LogP) is 4.67. The van der Waals surface area contributed by atoms with E-state index in [4.69, 9.17) is 16.0 Å². The summed E-state index contributed by atoms with van der Waals surface area (Å²) in [6.45, 7) is 2.33. The van der Waals surface area contributed by atoms with Crippen molar-refractivity contribution in [2.45, 2.75) is 13.3 Å². The van der Waals surface area contributed by atoms with E-state index in [1.54, 1.807) is 24.3 Å². The first kappa shape index (κ1) is 17.0. The van der Waals surface area contributed by atoms with Crippen molar-refractivity contribution in [1.82, 2.24) is 10.3 Å². The second-order valence-corrected chi connectivity index (χ2v) is 5.97. The number of urea groups is 1. The number of nitrogens with one attached hydrogen (secondary N) is 2. The van der Waals surface area contributed by atoms with E-state index in [2.05, 4.69) is 15.6 Å². The van der Waals surface area contributed by atoms with E-state index in [0.29, 0.717) is 29.6 Å². The number of benzene rings is 2. The summed E-state index contributed by atoms with van der Waals surface area (Å²) in [7, 11) is 0. The first-order chi connectivity index (χ1) is 12.1. The summed E-state index contributed by atoms with van der Waals surface area (Å²) in [5, 5.41) is 6.11. The third-order valence-electron chi connectivity index (χ3n) is 3.64. The van der Waals surface area contributed by atoms with Crippen molar-refractivity contribution >= 4 is 23.3 Å². The van der Waals surface area contributed by atoms with Gasteiger partial charge in [0, 0.05) is 29.2 Å². The normalized spacial score (nSPS) is 10.5. The van der Waals surface area contributed by atoms with Gasteiger partial charge in [0.05, 0.1) is 5.69 Å². The number of carbonyl (C=O) groups excluding carboxylic acids is 1. The average molecular weight is 356 g/mol. The molecule has 0 aliphatic carbocycles. The molecular formula is C19H18ClN3O2. The molecule has 128 valence electrons. The molecule has 2 amide bonds. The van der Waals surface area contributed by atoms with Crippen LogP contribution in [0.4, 0.5) is 10.5 Å². The lowest BCUT2D eigenvalue weighted by Gasteiger charge is -2.07. The molecule has 0 aliphatic rings. The van der Waals surface area contributed by atoms with Crippen molar-refractivity contribution in [3.8, 4) is 11.5 Å². The Morgan fingerprint density at radius 3 is 2.72 bits per heavy atom. The number of hydrogen-bond donors (Lipinski definition) is 2. The second-order valence-electron chi connectivity index (χ2n) is 5.53. The minimum Gasteiger partial charge on any atom is -0.441 e. The molecule has 0 atom stereocenters. The first-order valence-corrected chi connectivity index (χ1v) is 8.32. The summed E-state index contributed by atoms with van der Waals surface area (Å²) in [4.78, 5) is 16.4. The third kappa shape index (κ3) is 4.61. The first-order valence-electron chi connectivity index (χ1n) is 7.94. The lowest BCUT2D eigenvalue weighted by molar-refractivity contribution is 0.252. The van der Waals surface area contributed by atoms with Crippen LogP contribution in [0.15, 0.2) is 59.0 Å². The smallest absolute Gasteiger partial charge is 0.319 e. The highest BCUT2D eigenvalue weighted by Gasteiger charge is 2.11. The van der Waals surface area contributed by atoms with E-state index in [9.17, 15) is 4.79 Å². The molecule has 2 N–H and O–H groups in total. The Kier molecular flexibility index (Phi) is 5.36. The van der Waals surface area contributed by atoms with Gasteiger partial charge in [0.1, 0.15) is 5.76 Å². The number of halogens is 1. The molecule has 3 rings (SSSR count). The predicted molar refractivity (Wildman–Crippen MR) is 98.9 cm³/mol. The van der Waals surface area contributed by atoms with Crippen molar-refractivity contribution < 1.29 is 9.21 Å². The van der Waals surface area contributed by atoms with Crippen LogP contribution in [-0.4, -0.2) is 17.6 Å². The van der Waals surface area contributed by atoms with Gasteiger partial charge < -0.3 is 15.1 Å². The molecule has 1 heterocycles. The highest BCUT2D eigenvalue weighted by Crippen LogP contribution is 2.21. The summed E-state index contributed by atoms with van der Waals surface area (Å²) in [5.41, 5.74) is 2.42. The van der Waals surface area contributed by atoms with Gasteiger partial charge in [-0.2, -0.15) is 0 Å². The van der Waals surface area contributed by atoms with Crippen LogP contribution in [0.1, 0.15) is 11.5 Å². The van der Waals surface area contributed by atoms with Crippen molar-refractivity contribution in [3.63, 3.8) is 0 Å². The van der Waals surface area contributed by atoms with Crippen molar-refractivity contribution in [2.75, 3.05) is 11.9 Å². The topological polar surface area (TPSA) is 67.2 Å². The molecule has 0 fully saturated rings. The highest BCUT2D eigenvalue weighted by molar-refractivity contribution is 6.30. The van der Waals surface area contributed by atoms with Crippen LogP contribution in [-0.2, 0) is 6.42 Å². The number of carbonyl (C=O) groups is 1. The van der Waals surface area contributed by atoms with Gasteiger partial charge in [-0.1, -0.05) is 35.9 Å². The van der Waals surface area contributed by atoms with Crippen molar-refractivity contribution in [3.05, 3.63) is 71.1 Å². The molecule has 1 aromatic heterocycles. The maximum absolute atomic E-state index is 11.9. The van der Waals surface area contributed by atoms with E-state index in [0.717, 1.165) is 17.0 Å². The fourth-order valence-electron chi connectivity index (χ4n) is 2.40. The van der Waals surface area contributed by atoms with Crippen LogP contribution < -0.4 is 10.6 Å². The minimum atomic E-state index is -0.285. The maximum atomic E-state index is 11.9. The molecule has 0 aliphatic heterocycles. The lowest BCUT2D eigenvalue weighted by Crippen LogP contribution is -2.30. The number of amides is 2. The van der Waals surface area contributed by atoms with Gasteiger partial charge in [0.25, 0.3) is 0 Å². The van der Waals surface area contributed by atoms with Gasteiger partial charge in [-0.15, -0.1) is 0 Å². The molecule has 6 heteroatoms. The van der Waals surface area contributed by atoms with Crippen LogP contribution in [0.2, 0.25) is 5.02 Å². The zero-order chi connectivity index (χ0) is 17.6. The van der Waals surface area contributed by atoms with E-state index in [1.165, 1.54) is 0 Å². The Bertz CT molecular complexity index is 862. The number of aryl methyl sites for hydroxylation is 1. The van der Waals surface area contributed by atoms with Crippen LogP contribution in [0.25, 0.3) is 11.5 Å². The van der Waals surface area contributed by atoms with Gasteiger partial charge in [-0.25, -0.2) is 9.78 Å². The van der Waals surface area contributed by atoms with Crippen LogP contribution in [0.3, 0.4) is 0 Å². The zero-order valence-electron chi connectivity index (χ0n) is 13.8. The van der Waals surface area contributed by atoms with Gasteiger partial charge in [-0.05, 0) is 37.3 Å². The van der Waals surface area contributed by atoms with E-state index >= 15 is 0 Å². The molecule has 0 saturated heterocycles. The van der Waals surface area contributed by atoms with E-state index < -0.39 is 0 Å². The number of aromatic nitrogens is 1. The monoisotopic (exact) mass is 355 g/mol. The summed E-state index contributed by atoms with van der Waals surface area (Å²) in [5.74, 6) is 1.35. The van der Waals surface area contributed by atoms with Gasteiger partial charge in [-0.3, -0.25) is 0 Å². The van der Waals surface area contributed by atoms with Crippen molar-refractivity contribution in [1.29, 1.82) is 0 Å². The quantitative estimate of drug-likeness (QED) is 0.699. The van der Waals surface area contributed by atoms with Crippen molar-refractivity contribution in [2.24, 2.45) is 0 Å². The van der Waals surface area contributed by atoms with E-state index in [1.807, 2.05) is 37.3 Å². The number of nitrogens with zero attached hydrogens (tertiary/aromatic N) is 1. The summed E-state index contributed by atoms with van der Waals surface area (Å²) in [6, 6.07) is 16.4. The molecule has 25 heavy (non-hydrogen) atoms. The maximum Gasteiger partial charge on any atom is 0.319 e. The molecule has 0 radical (unpaired) electrons. The highest BCUT2D eigenvalue weighted by atomic mass is 35.5. The minimum absolute atomic E-state index is 0.285. The average Bonchev–Trinajstić information content (AvgIpc) is 2.97. The van der Waals surface area contributed by atoms with Crippen LogP contribution in [0, 0.1) is 6.92 Å². The Balaban J connectivity index is 1.54. The zero-order valence-corrected chi connectivity index (χ0v) is 14.5. The van der Waals surface area contributed by atoms with Crippen LogP contribution >= 0.6 is 11.6 Å². The summed E-state index contributed by atoms with van der Waals surface area (Å²) < 4.78 is 5.71. The molecule has 0 spiro atoms. The fraction of sp³-hybridized carbons (Fsp3) is 0.158. The molecule has 0 saturated carbocycles. The number of anilines is 1. The molecule has 5 nitrogen and oxygen atoms in total. The fourth-order valence-corrected chi connectivity index (χ4v) is 2.59. The van der Waals surface area contributed by atoms with E-state index in [-0.39, 0.29) is 6.03 Å². The Morgan fingerprint density at radius 2 is 1.96 bits per heavy atom. The molecule has 0 unspecified atom stereocenters. The van der Waals surface area contributed by atoms with Gasteiger partial charge >= 0.3 is 6.03 Å². The lowest BCUT2D eigenvalue weighted by atomic mass is 10.2. The summed E-state index contributed by atoms with van der Waals surface area (Å²) >= 11 is 5.89. The standard InChI is InChI=1S/C19H18ClN3O2/c1-13-17(23-18(25-13)14-6-3-2-4-7-14)10-11-21-19(24)22-16-9-5-8-15(20)12-16/h2-9,12H,10-11H2,1H3,(H2,21,22,24). The molecule has 3 aromatic rings. The Hall–Kier alpha value is -2.79. The van der Waals surface area contributed by atoms with Crippen LogP contribution in [0.5, 0.6) is 0 Å². The Labute approximate surface area is 151 Å². The van der Waals surface area contributed by atoms with Gasteiger partial charge in [0.15, 0.2) is 0 Å². The number of rotatable bonds is 5. The second kappa shape index (κ2) is 7.85.